The average molecular weight is 357 g/mol. The van der Waals surface area contributed by atoms with E-state index in [1.54, 1.807) is 0 Å². The third-order valence-electron chi connectivity index (χ3n) is 4.17. The van der Waals surface area contributed by atoms with Gasteiger partial charge in [-0.1, -0.05) is 19.9 Å². The Morgan fingerprint density at radius 1 is 1.19 bits per heavy atom. The molecule has 0 saturated carbocycles. The molecule has 0 atom stereocenters. The van der Waals surface area contributed by atoms with Crippen LogP contribution in [-0.4, -0.2) is 60.3 Å². The van der Waals surface area contributed by atoms with Crippen molar-refractivity contribution in [1.29, 1.82) is 0 Å². The van der Waals surface area contributed by atoms with Crippen molar-refractivity contribution in [2.45, 2.75) is 26.3 Å². The van der Waals surface area contributed by atoms with Crippen LogP contribution in [0, 0.1) is 0 Å². The Labute approximate surface area is 154 Å². The minimum absolute atomic E-state index is 0.236. The van der Waals surface area contributed by atoms with Gasteiger partial charge in [0, 0.05) is 51.4 Å². The van der Waals surface area contributed by atoms with Gasteiger partial charge in [-0.15, -0.1) is 0 Å². The molecule has 8 heteroatoms. The van der Waals surface area contributed by atoms with Crippen molar-refractivity contribution in [2.24, 2.45) is 0 Å². The number of nitrogens with one attached hydrogen (secondary N) is 1. The number of morpholine rings is 1. The molecule has 0 spiro atoms. The molecule has 140 valence electrons. The maximum Gasteiger partial charge on any atom is 0.229 e. The van der Waals surface area contributed by atoms with Gasteiger partial charge < -0.3 is 19.9 Å². The molecule has 0 aromatic carbocycles. The highest BCUT2D eigenvalue weighted by Crippen LogP contribution is 2.20. The number of hydrogen-bond acceptors (Lipinski definition) is 8. The second-order valence-electron chi connectivity index (χ2n) is 6.81. The summed E-state index contributed by atoms with van der Waals surface area (Å²) in [6.45, 7) is 7.96. The van der Waals surface area contributed by atoms with Gasteiger partial charge in [0.05, 0.1) is 13.2 Å². The first kappa shape index (κ1) is 18.3. The molecule has 0 bridgehead atoms. The van der Waals surface area contributed by atoms with E-state index in [4.69, 9.17) is 4.74 Å². The molecule has 2 aromatic heterocycles. The Bertz CT molecular complexity index is 703. The molecule has 0 aliphatic carbocycles. The minimum atomic E-state index is 0.236. The molecule has 2 aromatic rings. The molecule has 0 radical (unpaired) electrons. The molecule has 3 heterocycles. The van der Waals surface area contributed by atoms with Crippen molar-refractivity contribution in [1.82, 2.24) is 19.9 Å². The quantitative estimate of drug-likeness (QED) is 0.840. The fraction of sp³-hybridized carbons (Fsp3) is 0.556. The van der Waals surface area contributed by atoms with Crippen LogP contribution in [0.25, 0.3) is 0 Å². The second-order valence-corrected chi connectivity index (χ2v) is 6.81. The van der Waals surface area contributed by atoms with Crippen LogP contribution in [0.3, 0.4) is 0 Å². The molecule has 8 nitrogen and oxygen atoms in total. The number of nitrogens with zero attached hydrogens (tertiary/aromatic N) is 6. The Morgan fingerprint density at radius 3 is 2.65 bits per heavy atom. The van der Waals surface area contributed by atoms with Gasteiger partial charge in [0.15, 0.2) is 0 Å². The number of anilines is 3. The topological polar surface area (TPSA) is 79.3 Å². The lowest BCUT2D eigenvalue weighted by Gasteiger charge is -2.29. The molecular weight excluding hydrogens is 330 g/mol. The Balaban J connectivity index is 1.79. The molecule has 26 heavy (non-hydrogen) atoms. The first-order valence-corrected chi connectivity index (χ1v) is 8.98. The molecular formula is C18H27N7O. The van der Waals surface area contributed by atoms with E-state index < -0.39 is 0 Å². The van der Waals surface area contributed by atoms with Crippen LogP contribution in [0.4, 0.5) is 17.7 Å². The highest BCUT2D eigenvalue weighted by Gasteiger charge is 2.16. The van der Waals surface area contributed by atoms with Crippen LogP contribution < -0.4 is 15.1 Å². The van der Waals surface area contributed by atoms with E-state index in [1.165, 1.54) is 0 Å². The van der Waals surface area contributed by atoms with Gasteiger partial charge in [0.2, 0.25) is 11.9 Å². The summed E-state index contributed by atoms with van der Waals surface area (Å²) >= 11 is 0. The summed E-state index contributed by atoms with van der Waals surface area (Å²) in [6.07, 6.45) is 1.83. The van der Waals surface area contributed by atoms with Crippen molar-refractivity contribution in [3.63, 3.8) is 0 Å². The van der Waals surface area contributed by atoms with Gasteiger partial charge in [-0.3, -0.25) is 0 Å². The van der Waals surface area contributed by atoms with E-state index in [-0.39, 0.29) is 5.92 Å². The van der Waals surface area contributed by atoms with Crippen molar-refractivity contribution < 1.29 is 4.74 Å². The largest absolute Gasteiger partial charge is 0.378 e. The summed E-state index contributed by atoms with van der Waals surface area (Å²) in [5, 5.41) is 3.34. The van der Waals surface area contributed by atoms with Crippen molar-refractivity contribution in [3.05, 3.63) is 29.7 Å². The fourth-order valence-corrected chi connectivity index (χ4v) is 2.72. The molecule has 1 aliphatic rings. The smallest absolute Gasteiger partial charge is 0.229 e. The number of rotatable bonds is 6. The zero-order chi connectivity index (χ0) is 18.5. The van der Waals surface area contributed by atoms with E-state index in [0.29, 0.717) is 18.4 Å². The maximum absolute atomic E-state index is 5.44. The zero-order valence-corrected chi connectivity index (χ0v) is 15.9. The van der Waals surface area contributed by atoms with Gasteiger partial charge in [-0.05, 0) is 6.07 Å². The lowest BCUT2D eigenvalue weighted by molar-refractivity contribution is 0.122. The lowest BCUT2D eigenvalue weighted by atomic mass is 10.2. The molecule has 1 fully saturated rings. The van der Waals surface area contributed by atoms with Gasteiger partial charge in [0.25, 0.3) is 0 Å². The molecule has 0 unspecified atom stereocenters. The summed E-state index contributed by atoms with van der Waals surface area (Å²) in [4.78, 5) is 22.3. The summed E-state index contributed by atoms with van der Waals surface area (Å²) in [6, 6.07) is 4.04. The number of aromatic nitrogens is 4. The van der Waals surface area contributed by atoms with Crippen LogP contribution in [0.5, 0.6) is 0 Å². The van der Waals surface area contributed by atoms with Crippen molar-refractivity contribution in [2.75, 3.05) is 55.5 Å². The normalized spacial score (nSPS) is 14.6. The van der Waals surface area contributed by atoms with Crippen molar-refractivity contribution >= 4 is 17.7 Å². The van der Waals surface area contributed by atoms with Gasteiger partial charge in [-0.2, -0.15) is 15.0 Å². The van der Waals surface area contributed by atoms with E-state index in [2.05, 4.69) is 50.1 Å². The summed E-state index contributed by atoms with van der Waals surface area (Å²) in [7, 11) is 3.86. The van der Waals surface area contributed by atoms with E-state index in [9.17, 15) is 0 Å². The van der Waals surface area contributed by atoms with E-state index in [1.807, 2.05) is 31.3 Å². The van der Waals surface area contributed by atoms with Crippen LogP contribution in [0.15, 0.2) is 18.3 Å². The molecule has 3 rings (SSSR count). The van der Waals surface area contributed by atoms with Crippen LogP contribution in [-0.2, 0) is 11.3 Å². The van der Waals surface area contributed by atoms with Gasteiger partial charge in [-0.25, -0.2) is 4.98 Å². The van der Waals surface area contributed by atoms with Crippen LogP contribution in [0.2, 0.25) is 0 Å². The Morgan fingerprint density at radius 2 is 1.96 bits per heavy atom. The molecule has 0 amide bonds. The average Bonchev–Trinajstić information content (AvgIpc) is 2.67. The summed E-state index contributed by atoms with van der Waals surface area (Å²) in [5.74, 6) is 3.26. The van der Waals surface area contributed by atoms with Gasteiger partial charge >= 0.3 is 0 Å². The first-order chi connectivity index (χ1) is 12.5. The highest BCUT2D eigenvalue weighted by molar-refractivity contribution is 5.49. The number of hydrogen-bond donors (Lipinski definition) is 1. The zero-order valence-electron chi connectivity index (χ0n) is 15.9. The predicted octanol–water partition coefficient (Wildman–Crippen LogP) is 1.90. The summed E-state index contributed by atoms with van der Waals surface area (Å²) in [5.41, 5.74) is 1.12. The standard InChI is InChI=1S/C18H27N7O/c1-13(2)15-21-17(23-18(22-15)24(3)4)20-12-14-6-5-7-19-16(14)25-8-10-26-11-9-25/h5-7,13H,8-12H2,1-4H3,(H,20,21,22,23). The maximum atomic E-state index is 5.44. The summed E-state index contributed by atoms with van der Waals surface area (Å²) < 4.78 is 5.44. The predicted molar refractivity (Wildman–Crippen MR) is 103 cm³/mol. The molecule has 1 N–H and O–H groups in total. The van der Waals surface area contributed by atoms with Crippen LogP contribution in [0.1, 0.15) is 31.2 Å². The third-order valence-corrected chi connectivity index (χ3v) is 4.17. The highest BCUT2D eigenvalue weighted by atomic mass is 16.5. The SMILES string of the molecule is CC(C)c1nc(NCc2cccnc2N2CCOCC2)nc(N(C)C)n1. The number of ether oxygens (including phenoxy) is 1. The number of pyridine rings is 1. The van der Waals surface area contributed by atoms with E-state index in [0.717, 1.165) is 43.5 Å². The minimum Gasteiger partial charge on any atom is -0.378 e. The molecule has 1 saturated heterocycles. The van der Waals surface area contributed by atoms with Crippen LogP contribution >= 0.6 is 0 Å². The Kier molecular flexibility index (Phi) is 5.82. The first-order valence-electron chi connectivity index (χ1n) is 8.98. The monoisotopic (exact) mass is 357 g/mol. The van der Waals surface area contributed by atoms with Gasteiger partial charge in [0.1, 0.15) is 11.6 Å². The Hall–Kier alpha value is -2.48. The second kappa shape index (κ2) is 8.27. The fourth-order valence-electron chi connectivity index (χ4n) is 2.72. The van der Waals surface area contributed by atoms with E-state index >= 15 is 0 Å². The molecule has 1 aliphatic heterocycles. The lowest BCUT2D eigenvalue weighted by Crippen LogP contribution is -2.37. The third kappa shape index (κ3) is 4.37. The van der Waals surface area contributed by atoms with Crippen molar-refractivity contribution in [3.8, 4) is 0 Å².